The molecule has 18 heavy (non-hydrogen) atoms. The van der Waals surface area contributed by atoms with E-state index in [-0.39, 0.29) is 0 Å². The van der Waals surface area contributed by atoms with Gasteiger partial charge in [-0.1, -0.05) is 0 Å². The number of thiazole rings is 1. The normalized spacial score (nSPS) is 24.2. The van der Waals surface area contributed by atoms with Crippen molar-refractivity contribution in [3.8, 4) is 0 Å². The Kier molecular flexibility index (Phi) is 3.75. The van der Waals surface area contributed by atoms with Crippen LogP contribution in [0, 0.1) is 0 Å². The summed E-state index contributed by atoms with van der Waals surface area (Å²) in [5.74, 6) is 1.44. The maximum Gasteiger partial charge on any atom is 0.197 e. The first-order valence-corrected chi connectivity index (χ1v) is 7.51. The minimum atomic E-state index is 0.576. The Morgan fingerprint density at radius 2 is 2.33 bits per heavy atom. The quantitative estimate of drug-likeness (QED) is 0.756. The van der Waals surface area contributed by atoms with E-state index in [0.29, 0.717) is 5.92 Å². The first-order chi connectivity index (χ1) is 8.92. The molecule has 6 heteroatoms. The fourth-order valence-corrected chi connectivity index (χ4v) is 3.14. The molecule has 3 rings (SSSR count). The maximum atomic E-state index is 4.67. The van der Waals surface area contributed by atoms with E-state index in [1.54, 1.807) is 11.3 Å². The zero-order valence-corrected chi connectivity index (χ0v) is 11.2. The van der Waals surface area contributed by atoms with E-state index in [2.05, 4.69) is 31.3 Å². The molecule has 0 saturated carbocycles. The van der Waals surface area contributed by atoms with Crippen LogP contribution in [-0.4, -0.2) is 37.1 Å². The monoisotopic (exact) mass is 265 g/mol. The van der Waals surface area contributed by atoms with Gasteiger partial charge in [0.2, 0.25) is 0 Å². The molecule has 3 heterocycles. The van der Waals surface area contributed by atoms with Crippen molar-refractivity contribution in [1.82, 2.24) is 15.6 Å². The van der Waals surface area contributed by atoms with Crippen LogP contribution in [0.5, 0.6) is 0 Å². The molecule has 0 bridgehead atoms. The van der Waals surface area contributed by atoms with E-state index in [0.717, 1.165) is 43.7 Å². The molecule has 1 saturated heterocycles. The third-order valence-electron chi connectivity index (χ3n) is 3.36. The van der Waals surface area contributed by atoms with Crippen LogP contribution in [0.4, 0.5) is 5.13 Å². The molecule has 0 amide bonds. The van der Waals surface area contributed by atoms with Crippen molar-refractivity contribution in [2.45, 2.75) is 25.2 Å². The Bertz CT molecular complexity index is 422. The second kappa shape index (κ2) is 5.67. The summed E-state index contributed by atoms with van der Waals surface area (Å²) >= 11 is 1.67. The Hall–Kier alpha value is -1.14. The molecule has 0 radical (unpaired) electrons. The highest BCUT2D eigenvalue weighted by atomic mass is 32.1. The zero-order valence-electron chi connectivity index (χ0n) is 10.4. The molecule has 2 aliphatic rings. The first kappa shape index (κ1) is 11.9. The molecule has 0 spiro atoms. The Balaban J connectivity index is 1.63. The van der Waals surface area contributed by atoms with Crippen molar-refractivity contribution in [2.75, 3.05) is 31.5 Å². The topological polar surface area (TPSA) is 61.3 Å². The van der Waals surface area contributed by atoms with Crippen LogP contribution in [0.3, 0.4) is 0 Å². The second-order valence-corrected chi connectivity index (χ2v) is 5.61. The number of rotatable bonds is 2. The predicted octanol–water partition coefficient (Wildman–Crippen LogP) is 1.37. The highest BCUT2D eigenvalue weighted by Gasteiger charge is 2.18. The van der Waals surface area contributed by atoms with Crippen molar-refractivity contribution in [3.05, 3.63) is 11.1 Å². The van der Waals surface area contributed by atoms with Crippen LogP contribution < -0.4 is 16.0 Å². The molecule has 2 aliphatic heterocycles. The molecular formula is C12H19N5S. The summed E-state index contributed by atoms with van der Waals surface area (Å²) in [7, 11) is 0. The molecule has 1 atom stereocenters. The summed E-state index contributed by atoms with van der Waals surface area (Å²) in [4.78, 5) is 9.07. The molecule has 0 aromatic carbocycles. The van der Waals surface area contributed by atoms with Crippen LogP contribution in [0.15, 0.2) is 10.4 Å². The predicted molar refractivity (Wildman–Crippen MR) is 75.5 cm³/mol. The van der Waals surface area contributed by atoms with Crippen molar-refractivity contribution >= 4 is 22.4 Å². The fraction of sp³-hybridized carbons (Fsp3) is 0.667. The van der Waals surface area contributed by atoms with Crippen LogP contribution in [0.1, 0.15) is 30.9 Å². The lowest BCUT2D eigenvalue weighted by atomic mass is 9.97. The van der Waals surface area contributed by atoms with Crippen LogP contribution >= 0.6 is 11.3 Å². The first-order valence-electron chi connectivity index (χ1n) is 6.63. The lowest BCUT2D eigenvalue weighted by Gasteiger charge is -2.20. The number of hydrogen-bond acceptors (Lipinski definition) is 6. The zero-order chi connectivity index (χ0) is 12.2. The fourth-order valence-electron chi connectivity index (χ4n) is 2.35. The van der Waals surface area contributed by atoms with Crippen LogP contribution in [0.2, 0.25) is 0 Å². The van der Waals surface area contributed by atoms with Gasteiger partial charge in [0.1, 0.15) is 0 Å². The van der Waals surface area contributed by atoms with E-state index < -0.39 is 0 Å². The molecular weight excluding hydrogens is 246 g/mol. The van der Waals surface area contributed by atoms with Gasteiger partial charge in [-0.2, -0.15) is 0 Å². The Labute approximate surface area is 111 Å². The number of nitrogens with one attached hydrogen (secondary N) is 3. The second-order valence-electron chi connectivity index (χ2n) is 4.76. The molecule has 3 N–H and O–H groups in total. The number of nitrogens with zero attached hydrogens (tertiary/aromatic N) is 2. The molecule has 1 unspecified atom stereocenters. The van der Waals surface area contributed by atoms with Crippen LogP contribution in [0.25, 0.3) is 0 Å². The smallest absolute Gasteiger partial charge is 0.197 e. The third kappa shape index (κ3) is 2.81. The van der Waals surface area contributed by atoms with E-state index in [4.69, 9.17) is 0 Å². The summed E-state index contributed by atoms with van der Waals surface area (Å²) in [6, 6.07) is 0. The van der Waals surface area contributed by atoms with Crippen LogP contribution in [-0.2, 0) is 0 Å². The highest BCUT2D eigenvalue weighted by molar-refractivity contribution is 7.13. The molecule has 1 aromatic heterocycles. The van der Waals surface area contributed by atoms with Gasteiger partial charge >= 0.3 is 0 Å². The average Bonchev–Trinajstić information content (AvgIpc) is 2.89. The molecule has 1 aromatic rings. The van der Waals surface area contributed by atoms with Crippen molar-refractivity contribution in [3.63, 3.8) is 0 Å². The number of piperidine rings is 1. The summed E-state index contributed by atoms with van der Waals surface area (Å²) in [5, 5.41) is 13.1. The van der Waals surface area contributed by atoms with Gasteiger partial charge in [0.05, 0.1) is 5.69 Å². The average molecular weight is 265 g/mol. The van der Waals surface area contributed by atoms with Crippen molar-refractivity contribution in [2.24, 2.45) is 4.99 Å². The number of aliphatic imine (C=N–C) groups is 1. The lowest BCUT2D eigenvalue weighted by molar-refractivity contribution is 0.456. The summed E-state index contributed by atoms with van der Waals surface area (Å²) in [5.41, 5.74) is 1.21. The van der Waals surface area contributed by atoms with E-state index in [1.165, 1.54) is 18.5 Å². The van der Waals surface area contributed by atoms with E-state index in [9.17, 15) is 0 Å². The van der Waals surface area contributed by atoms with Gasteiger partial charge in [0.15, 0.2) is 11.1 Å². The molecule has 0 aliphatic carbocycles. The van der Waals surface area contributed by atoms with Gasteiger partial charge in [-0.05, 0) is 25.8 Å². The summed E-state index contributed by atoms with van der Waals surface area (Å²) in [6.45, 7) is 4.10. The van der Waals surface area contributed by atoms with E-state index in [1.807, 2.05) is 0 Å². The Morgan fingerprint density at radius 3 is 3.11 bits per heavy atom. The molecule has 98 valence electrons. The summed E-state index contributed by atoms with van der Waals surface area (Å²) in [6.07, 6.45) is 3.61. The minimum absolute atomic E-state index is 0.576. The number of aromatic nitrogens is 1. The van der Waals surface area contributed by atoms with Gasteiger partial charge in [0, 0.05) is 30.9 Å². The third-order valence-corrected chi connectivity index (χ3v) is 4.14. The number of anilines is 1. The standard InChI is InChI=1S/C12H19N5S/c1-3-9(7-13-4-1)10-8-18-12(16-10)17-11-14-5-2-6-15-11/h8-9,13H,1-7H2,(H2,14,15,16,17). The van der Waals surface area contributed by atoms with Gasteiger partial charge in [-0.15, -0.1) is 11.3 Å². The minimum Gasteiger partial charge on any atom is -0.356 e. The SMILES string of the molecule is c1sc(NC2=NCCCN2)nc1C1CCCNC1. The maximum absolute atomic E-state index is 4.67. The van der Waals surface area contributed by atoms with Crippen molar-refractivity contribution < 1.29 is 0 Å². The van der Waals surface area contributed by atoms with Crippen molar-refractivity contribution in [1.29, 1.82) is 0 Å². The lowest BCUT2D eigenvalue weighted by Crippen LogP contribution is -2.35. The number of hydrogen-bond donors (Lipinski definition) is 3. The van der Waals surface area contributed by atoms with E-state index >= 15 is 0 Å². The molecule has 1 fully saturated rings. The largest absolute Gasteiger partial charge is 0.356 e. The van der Waals surface area contributed by atoms with Gasteiger partial charge in [-0.25, -0.2) is 4.98 Å². The Morgan fingerprint density at radius 1 is 1.33 bits per heavy atom. The van der Waals surface area contributed by atoms with Gasteiger partial charge < -0.3 is 16.0 Å². The van der Waals surface area contributed by atoms with Gasteiger partial charge in [-0.3, -0.25) is 4.99 Å². The molecule has 5 nitrogen and oxygen atoms in total. The highest BCUT2D eigenvalue weighted by Crippen LogP contribution is 2.26. The summed E-state index contributed by atoms with van der Waals surface area (Å²) < 4.78 is 0. The van der Waals surface area contributed by atoms with Gasteiger partial charge in [0.25, 0.3) is 0 Å². The number of guanidine groups is 1.